The molecule has 122 valence electrons. The molecule has 2 aromatic carbocycles. The van der Waals surface area contributed by atoms with Gasteiger partial charge in [0.1, 0.15) is 17.2 Å². The van der Waals surface area contributed by atoms with E-state index in [1.807, 2.05) is 30.3 Å². The van der Waals surface area contributed by atoms with E-state index < -0.39 is 0 Å². The molecule has 25 heavy (non-hydrogen) atoms. The molecule has 0 fully saturated rings. The summed E-state index contributed by atoms with van der Waals surface area (Å²) in [6.07, 6.45) is 3.19. The number of ether oxygens (including phenoxy) is 1. The van der Waals surface area contributed by atoms with Crippen LogP contribution in [0.5, 0.6) is 11.5 Å². The number of aromatic nitrogens is 3. The molecule has 0 bridgehead atoms. The van der Waals surface area contributed by atoms with Crippen LogP contribution in [-0.4, -0.2) is 20.5 Å². The molecule has 1 amide bonds. The highest BCUT2D eigenvalue weighted by atomic mass is 16.5. The Morgan fingerprint density at radius 1 is 0.880 bits per heavy atom. The predicted molar refractivity (Wildman–Crippen MR) is 93.9 cm³/mol. The van der Waals surface area contributed by atoms with Crippen LogP contribution in [0.25, 0.3) is 5.65 Å². The monoisotopic (exact) mass is 330 g/mol. The van der Waals surface area contributed by atoms with Crippen molar-refractivity contribution in [1.29, 1.82) is 0 Å². The van der Waals surface area contributed by atoms with Crippen LogP contribution in [0.15, 0.2) is 79.1 Å². The van der Waals surface area contributed by atoms with Crippen molar-refractivity contribution >= 4 is 17.2 Å². The minimum absolute atomic E-state index is 0.257. The first-order valence-corrected chi connectivity index (χ1v) is 7.73. The summed E-state index contributed by atoms with van der Waals surface area (Å²) in [5, 5.41) is 6.96. The van der Waals surface area contributed by atoms with Gasteiger partial charge in [-0.3, -0.25) is 4.79 Å². The van der Waals surface area contributed by atoms with Gasteiger partial charge in [0.05, 0.1) is 6.20 Å². The molecule has 0 spiro atoms. The molecule has 0 saturated carbocycles. The number of hydrogen-bond donors (Lipinski definition) is 1. The molecule has 6 heteroatoms. The fourth-order valence-electron chi connectivity index (χ4n) is 2.43. The van der Waals surface area contributed by atoms with Gasteiger partial charge in [-0.15, -0.1) is 0 Å². The smallest absolute Gasteiger partial charge is 0.274 e. The van der Waals surface area contributed by atoms with Crippen LogP contribution in [-0.2, 0) is 0 Å². The summed E-state index contributed by atoms with van der Waals surface area (Å²) in [7, 11) is 0. The number of nitrogens with zero attached hydrogens (tertiary/aromatic N) is 3. The van der Waals surface area contributed by atoms with Crippen molar-refractivity contribution in [2.24, 2.45) is 0 Å². The van der Waals surface area contributed by atoms with Crippen LogP contribution >= 0.6 is 0 Å². The van der Waals surface area contributed by atoms with Crippen molar-refractivity contribution in [3.63, 3.8) is 0 Å². The van der Waals surface area contributed by atoms with E-state index in [9.17, 15) is 4.79 Å². The fourth-order valence-corrected chi connectivity index (χ4v) is 2.43. The Bertz CT molecular complexity index is 1010. The molecule has 0 aliphatic carbocycles. The highest BCUT2D eigenvalue weighted by Crippen LogP contribution is 2.22. The van der Waals surface area contributed by atoms with Crippen molar-refractivity contribution in [2.45, 2.75) is 0 Å². The number of rotatable bonds is 4. The van der Waals surface area contributed by atoms with Gasteiger partial charge in [-0.05, 0) is 42.5 Å². The summed E-state index contributed by atoms with van der Waals surface area (Å²) in [5.74, 6) is 1.20. The Morgan fingerprint density at radius 2 is 1.64 bits per heavy atom. The Kier molecular flexibility index (Phi) is 3.84. The number of para-hydroxylation sites is 1. The van der Waals surface area contributed by atoms with Gasteiger partial charge in [-0.25, -0.2) is 9.50 Å². The second kappa shape index (κ2) is 6.45. The van der Waals surface area contributed by atoms with E-state index in [1.54, 1.807) is 48.8 Å². The second-order valence-electron chi connectivity index (χ2n) is 5.32. The molecular weight excluding hydrogens is 316 g/mol. The number of hydrogen-bond acceptors (Lipinski definition) is 4. The molecule has 0 atom stereocenters. The van der Waals surface area contributed by atoms with E-state index in [4.69, 9.17) is 4.74 Å². The predicted octanol–water partition coefficient (Wildman–Crippen LogP) is 3.77. The number of amides is 1. The topological polar surface area (TPSA) is 68.5 Å². The van der Waals surface area contributed by atoms with E-state index in [-0.39, 0.29) is 5.91 Å². The van der Waals surface area contributed by atoms with E-state index >= 15 is 0 Å². The van der Waals surface area contributed by atoms with Crippen molar-refractivity contribution in [1.82, 2.24) is 14.6 Å². The molecular formula is C19H14N4O2. The zero-order valence-corrected chi connectivity index (χ0v) is 13.2. The number of carbonyl (C=O) groups excluding carboxylic acids is 1. The maximum atomic E-state index is 12.5. The number of nitrogens with one attached hydrogen (secondary N) is 1. The van der Waals surface area contributed by atoms with Crippen molar-refractivity contribution in [2.75, 3.05) is 5.32 Å². The van der Waals surface area contributed by atoms with Crippen LogP contribution < -0.4 is 10.1 Å². The first kappa shape index (κ1) is 14.9. The number of anilines is 1. The minimum atomic E-state index is -0.257. The Balaban J connectivity index is 1.49. The first-order valence-electron chi connectivity index (χ1n) is 7.73. The maximum absolute atomic E-state index is 12.5. The minimum Gasteiger partial charge on any atom is -0.457 e. The van der Waals surface area contributed by atoms with Crippen LogP contribution in [0.2, 0.25) is 0 Å². The molecule has 0 aliphatic heterocycles. The van der Waals surface area contributed by atoms with E-state index in [1.165, 1.54) is 4.52 Å². The van der Waals surface area contributed by atoms with Gasteiger partial charge in [0.15, 0.2) is 5.65 Å². The van der Waals surface area contributed by atoms with E-state index in [0.717, 1.165) is 5.75 Å². The normalized spacial score (nSPS) is 10.6. The number of fused-ring (bicyclic) bond motifs is 1. The van der Waals surface area contributed by atoms with Crippen molar-refractivity contribution in [3.05, 3.63) is 84.8 Å². The third-order valence-corrected chi connectivity index (χ3v) is 3.61. The highest BCUT2D eigenvalue weighted by Gasteiger charge is 2.11. The van der Waals surface area contributed by atoms with Crippen molar-refractivity contribution < 1.29 is 9.53 Å². The van der Waals surface area contributed by atoms with Crippen molar-refractivity contribution in [3.8, 4) is 11.5 Å². The largest absolute Gasteiger partial charge is 0.457 e. The van der Waals surface area contributed by atoms with Gasteiger partial charge >= 0.3 is 0 Å². The third-order valence-electron chi connectivity index (χ3n) is 3.61. The molecule has 0 radical (unpaired) electrons. The highest BCUT2D eigenvalue weighted by molar-refractivity contribution is 6.03. The Labute approximate surface area is 143 Å². The molecule has 1 N–H and O–H groups in total. The second-order valence-corrected chi connectivity index (χ2v) is 5.32. The third kappa shape index (κ3) is 3.18. The zero-order valence-electron chi connectivity index (χ0n) is 13.2. The number of carbonyl (C=O) groups is 1. The van der Waals surface area contributed by atoms with Gasteiger partial charge in [-0.1, -0.05) is 18.2 Å². The lowest BCUT2D eigenvalue weighted by atomic mass is 10.3. The van der Waals surface area contributed by atoms with Gasteiger partial charge in [0.2, 0.25) is 0 Å². The zero-order chi connectivity index (χ0) is 17.1. The van der Waals surface area contributed by atoms with Gasteiger partial charge in [-0.2, -0.15) is 5.10 Å². The summed E-state index contributed by atoms with van der Waals surface area (Å²) < 4.78 is 7.24. The van der Waals surface area contributed by atoms with E-state index in [2.05, 4.69) is 15.4 Å². The molecule has 4 aromatic rings. The van der Waals surface area contributed by atoms with E-state index in [0.29, 0.717) is 22.8 Å². The summed E-state index contributed by atoms with van der Waals surface area (Å²) in [4.78, 5) is 16.6. The van der Waals surface area contributed by atoms with Crippen LogP contribution in [0.3, 0.4) is 0 Å². The lowest BCUT2D eigenvalue weighted by Crippen LogP contribution is -2.16. The molecule has 0 aliphatic rings. The quantitative estimate of drug-likeness (QED) is 0.618. The molecule has 6 nitrogen and oxygen atoms in total. The fraction of sp³-hybridized carbons (Fsp3) is 0. The molecule has 2 aromatic heterocycles. The Morgan fingerprint density at radius 3 is 2.44 bits per heavy atom. The van der Waals surface area contributed by atoms with Crippen LogP contribution in [0, 0.1) is 0 Å². The summed E-state index contributed by atoms with van der Waals surface area (Å²) in [6.45, 7) is 0. The maximum Gasteiger partial charge on any atom is 0.274 e. The molecule has 0 unspecified atom stereocenters. The van der Waals surface area contributed by atoms with Gasteiger partial charge < -0.3 is 10.1 Å². The lowest BCUT2D eigenvalue weighted by Gasteiger charge is -2.08. The SMILES string of the molecule is O=C(Nc1ccc(Oc2ccccc2)cc1)c1ccnc2ccnn12. The summed E-state index contributed by atoms with van der Waals surface area (Å²) >= 11 is 0. The summed E-state index contributed by atoms with van der Waals surface area (Å²) in [6, 6.07) is 20.1. The molecule has 4 rings (SSSR count). The lowest BCUT2D eigenvalue weighted by molar-refractivity contribution is 0.102. The van der Waals surface area contributed by atoms with Crippen LogP contribution in [0.4, 0.5) is 5.69 Å². The Hall–Kier alpha value is -3.67. The standard InChI is InChI=1S/C19H14N4O2/c24-19(17-10-12-20-18-11-13-21-23(17)18)22-14-6-8-16(9-7-14)25-15-4-2-1-3-5-15/h1-13H,(H,22,24). The molecule has 2 heterocycles. The van der Waals surface area contributed by atoms with Crippen LogP contribution in [0.1, 0.15) is 10.5 Å². The number of benzene rings is 2. The molecule has 0 saturated heterocycles. The van der Waals surface area contributed by atoms with Gasteiger partial charge in [0.25, 0.3) is 5.91 Å². The summed E-state index contributed by atoms with van der Waals surface area (Å²) in [5.41, 5.74) is 1.71. The average molecular weight is 330 g/mol. The average Bonchev–Trinajstić information content (AvgIpc) is 3.13. The first-order chi connectivity index (χ1) is 12.3. The van der Waals surface area contributed by atoms with Gasteiger partial charge in [0, 0.05) is 18.0 Å².